The molecule has 2 fully saturated rings. The van der Waals surface area contributed by atoms with Gasteiger partial charge in [-0.2, -0.15) is 23.1 Å². The number of amides is 1. The van der Waals surface area contributed by atoms with Crippen molar-refractivity contribution in [3.05, 3.63) is 59.7 Å². The van der Waals surface area contributed by atoms with Gasteiger partial charge in [0.25, 0.3) is 0 Å². The van der Waals surface area contributed by atoms with Crippen molar-refractivity contribution in [1.82, 2.24) is 14.9 Å². The first-order chi connectivity index (χ1) is 26.5. The molecule has 0 spiro atoms. The third-order valence-electron chi connectivity index (χ3n) is 9.03. The number of carbonyl (C=O) groups is 2. The summed E-state index contributed by atoms with van der Waals surface area (Å²) in [6.07, 6.45) is -1.82. The molecule has 3 heterocycles. The van der Waals surface area contributed by atoms with E-state index in [1.54, 1.807) is 36.6 Å². The third kappa shape index (κ3) is 8.50. The van der Waals surface area contributed by atoms with E-state index in [4.69, 9.17) is 24.7 Å². The van der Waals surface area contributed by atoms with Gasteiger partial charge in [-0.1, -0.05) is 17.9 Å². The normalized spacial score (nSPS) is 17.0. The average Bonchev–Trinajstić information content (AvgIpc) is 3.40. The highest BCUT2D eigenvalue weighted by Crippen LogP contribution is 2.44. The van der Waals surface area contributed by atoms with E-state index >= 15 is 8.78 Å². The van der Waals surface area contributed by atoms with Crippen LogP contribution in [0.15, 0.2) is 42.5 Å². The lowest BCUT2D eigenvalue weighted by atomic mass is 9.91. The summed E-state index contributed by atoms with van der Waals surface area (Å²) >= 11 is 0. The van der Waals surface area contributed by atoms with E-state index in [9.17, 15) is 22.8 Å². The molecule has 2 atom stereocenters. The molecule has 2 aliphatic heterocycles. The van der Waals surface area contributed by atoms with Crippen molar-refractivity contribution >= 4 is 45.2 Å². The first kappa shape index (κ1) is 39.8. The van der Waals surface area contributed by atoms with Crippen LogP contribution in [0.2, 0.25) is 0 Å². The number of ether oxygens (including phenoxy) is 5. The maximum absolute atomic E-state index is 17.3. The Kier molecular flexibility index (Phi) is 11.2. The highest BCUT2D eigenvalue weighted by atomic mass is 19.4. The maximum Gasteiger partial charge on any atom is 0.422 e. The molecule has 2 N–H and O–H groups in total. The van der Waals surface area contributed by atoms with Gasteiger partial charge in [-0.25, -0.2) is 18.4 Å². The number of carbonyl (C=O) groups excluding carboxylic acids is 2. The molecule has 56 heavy (non-hydrogen) atoms. The molecule has 4 aromatic rings. The number of fused-ring (bicyclic) bond motifs is 4. The van der Waals surface area contributed by atoms with Gasteiger partial charge in [-0.3, -0.25) is 4.90 Å². The summed E-state index contributed by atoms with van der Waals surface area (Å²) in [4.78, 5) is 36.5. The molecule has 3 aromatic carbocycles. The standard InChI is InChI=1S/C39H38F5N5O7/c1-38(2,3)56-37(51)49-22-11-12-23(49)18-48(17-22)35-27-16-29(45)32(33(41)34(27)46-36(47-35)54-19-39(42,43)44)26-15-24(55-20-52-4)14-21-10-13-28(40)25(31(21)26)8-6-7-9-30(50)53-5/h7,9-10,13-16,22-23H,11-12,17-20,45H2,1-5H3/b9-7+/t22-,23+. The van der Waals surface area contributed by atoms with Crippen molar-refractivity contribution in [2.45, 2.75) is 57.5 Å². The number of nitrogens with two attached hydrogens (primary N) is 1. The van der Waals surface area contributed by atoms with Crippen LogP contribution in [0.3, 0.4) is 0 Å². The molecular weight excluding hydrogens is 745 g/mol. The Balaban J connectivity index is 1.54. The van der Waals surface area contributed by atoms with Crippen LogP contribution in [0.25, 0.3) is 32.8 Å². The summed E-state index contributed by atoms with van der Waals surface area (Å²) in [6.45, 7) is 3.70. The van der Waals surface area contributed by atoms with Crippen LogP contribution in [-0.4, -0.2) is 91.5 Å². The topological polar surface area (TPSA) is 139 Å². The monoisotopic (exact) mass is 783 g/mol. The van der Waals surface area contributed by atoms with Gasteiger partial charge >= 0.3 is 24.2 Å². The second-order valence-electron chi connectivity index (χ2n) is 14.1. The number of methoxy groups -OCH3 is 2. The summed E-state index contributed by atoms with van der Waals surface area (Å²) < 4.78 is 98.9. The number of halogens is 5. The molecule has 0 unspecified atom stereocenters. The number of anilines is 2. The van der Waals surface area contributed by atoms with Crippen molar-refractivity contribution < 1.29 is 55.2 Å². The van der Waals surface area contributed by atoms with Crippen LogP contribution in [0.4, 0.5) is 38.3 Å². The molecule has 6 rings (SSSR count). The second-order valence-corrected chi connectivity index (χ2v) is 14.1. The number of nitrogens with zero attached hydrogens (tertiary/aromatic N) is 4. The highest BCUT2D eigenvalue weighted by molar-refractivity contribution is 6.07. The van der Waals surface area contributed by atoms with E-state index in [1.807, 2.05) is 0 Å². The zero-order chi connectivity index (χ0) is 40.5. The minimum Gasteiger partial charge on any atom is -0.468 e. The van der Waals surface area contributed by atoms with Crippen LogP contribution in [0.1, 0.15) is 39.2 Å². The van der Waals surface area contributed by atoms with Crippen molar-refractivity contribution in [1.29, 1.82) is 0 Å². The Hall–Kier alpha value is -5.89. The number of benzene rings is 3. The number of allylic oxidation sites excluding steroid dienone is 1. The Bertz CT molecular complexity index is 2270. The Morgan fingerprint density at radius 1 is 1.02 bits per heavy atom. The lowest BCUT2D eigenvalue weighted by Crippen LogP contribution is -2.57. The second kappa shape index (κ2) is 15.7. The van der Waals surface area contributed by atoms with Gasteiger partial charge in [0.2, 0.25) is 0 Å². The molecule has 1 amide bonds. The van der Waals surface area contributed by atoms with Gasteiger partial charge in [0.15, 0.2) is 19.2 Å². The zero-order valence-corrected chi connectivity index (χ0v) is 31.1. The van der Waals surface area contributed by atoms with Crippen molar-refractivity contribution in [3.63, 3.8) is 0 Å². The third-order valence-corrected chi connectivity index (χ3v) is 9.03. The molecular formula is C39H38F5N5O7. The van der Waals surface area contributed by atoms with Crippen molar-refractivity contribution in [3.8, 4) is 34.7 Å². The number of esters is 1. The van der Waals surface area contributed by atoms with Crippen LogP contribution in [0.5, 0.6) is 11.8 Å². The molecule has 0 aliphatic carbocycles. The molecule has 296 valence electrons. The van der Waals surface area contributed by atoms with E-state index < -0.39 is 53.6 Å². The summed E-state index contributed by atoms with van der Waals surface area (Å²) in [5.74, 6) is 2.93. The first-order valence-corrected chi connectivity index (χ1v) is 17.4. The van der Waals surface area contributed by atoms with Gasteiger partial charge < -0.3 is 34.3 Å². The predicted molar refractivity (Wildman–Crippen MR) is 196 cm³/mol. The number of hydrogen-bond donors (Lipinski definition) is 1. The summed E-state index contributed by atoms with van der Waals surface area (Å²) in [6, 6.07) is 5.48. The average molecular weight is 784 g/mol. The molecule has 0 saturated carbocycles. The SMILES string of the molecule is COCOc1cc(-c2c(N)cc3c(N4C[C@H]5CC[C@@H](C4)N5C(=O)OC(C)(C)C)nc(OCC(F)(F)F)nc3c2F)c2c(C#C/C=C/C(=O)OC)c(F)ccc2c1. The fourth-order valence-electron chi connectivity index (χ4n) is 6.86. The maximum atomic E-state index is 17.3. The van der Waals surface area contributed by atoms with Crippen LogP contribution in [-0.2, 0) is 19.0 Å². The van der Waals surface area contributed by atoms with E-state index in [0.717, 1.165) is 18.2 Å². The van der Waals surface area contributed by atoms with Crippen molar-refractivity contribution in [2.24, 2.45) is 0 Å². The van der Waals surface area contributed by atoms with E-state index in [-0.39, 0.29) is 76.7 Å². The van der Waals surface area contributed by atoms with Gasteiger partial charge in [0.05, 0.1) is 24.8 Å². The lowest BCUT2D eigenvalue weighted by Gasteiger charge is -2.42. The highest BCUT2D eigenvalue weighted by Gasteiger charge is 2.45. The number of rotatable bonds is 8. The Morgan fingerprint density at radius 2 is 1.73 bits per heavy atom. The number of alkyl halides is 3. The molecule has 12 nitrogen and oxygen atoms in total. The first-order valence-electron chi connectivity index (χ1n) is 17.4. The molecule has 1 aromatic heterocycles. The van der Waals surface area contributed by atoms with E-state index in [2.05, 4.69) is 26.5 Å². The number of nitrogen functional groups attached to an aromatic ring is 1. The zero-order valence-electron chi connectivity index (χ0n) is 31.1. The minimum absolute atomic E-state index is 0.00759. The quantitative estimate of drug-likeness (QED) is 0.0499. The predicted octanol–water partition coefficient (Wildman–Crippen LogP) is 6.90. The minimum atomic E-state index is -4.77. The fraction of sp³-hybridized carbons (Fsp3) is 0.385. The number of aromatic nitrogens is 2. The molecule has 17 heteroatoms. The summed E-state index contributed by atoms with van der Waals surface area (Å²) in [5, 5.41) is 0.519. The molecule has 2 bridgehead atoms. The number of hydrogen-bond acceptors (Lipinski definition) is 11. The smallest absolute Gasteiger partial charge is 0.422 e. The van der Waals surface area contributed by atoms with E-state index in [1.165, 1.54) is 32.4 Å². The van der Waals surface area contributed by atoms with Gasteiger partial charge in [0, 0.05) is 48.3 Å². The molecule has 2 saturated heterocycles. The largest absolute Gasteiger partial charge is 0.468 e. The molecule has 0 radical (unpaired) electrons. The van der Waals surface area contributed by atoms with Gasteiger partial charge in [0.1, 0.15) is 28.5 Å². The van der Waals surface area contributed by atoms with Crippen LogP contribution >= 0.6 is 0 Å². The van der Waals surface area contributed by atoms with Crippen LogP contribution in [0, 0.1) is 23.5 Å². The lowest BCUT2D eigenvalue weighted by molar-refractivity contribution is -0.154. The Morgan fingerprint density at radius 3 is 2.38 bits per heavy atom. The summed E-state index contributed by atoms with van der Waals surface area (Å²) in [5.41, 5.74) is 4.85. The fourth-order valence-corrected chi connectivity index (χ4v) is 6.86. The van der Waals surface area contributed by atoms with Crippen LogP contribution < -0.4 is 20.1 Å². The van der Waals surface area contributed by atoms with Crippen molar-refractivity contribution in [2.75, 3.05) is 51.3 Å². The number of piperazine rings is 1. The Labute approximate surface area is 318 Å². The van der Waals surface area contributed by atoms with E-state index in [0.29, 0.717) is 18.2 Å². The van der Waals surface area contributed by atoms with Gasteiger partial charge in [-0.15, -0.1) is 0 Å². The molecule has 2 aliphatic rings. The van der Waals surface area contributed by atoms with Gasteiger partial charge in [-0.05, 0) is 74.9 Å². The summed E-state index contributed by atoms with van der Waals surface area (Å²) in [7, 11) is 2.57.